The molecule has 0 bridgehead atoms. The molecule has 0 saturated carbocycles. The van der Waals surface area contributed by atoms with Crippen molar-refractivity contribution in [2.24, 2.45) is 0 Å². The van der Waals surface area contributed by atoms with Crippen molar-refractivity contribution in [3.63, 3.8) is 0 Å². The van der Waals surface area contributed by atoms with Crippen LogP contribution in [0.1, 0.15) is 16.8 Å². The van der Waals surface area contributed by atoms with E-state index in [9.17, 15) is 27.0 Å². The molecule has 0 aromatic heterocycles. The summed E-state index contributed by atoms with van der Waals surface area (Å²) >= 11 is 0. The molecule has 1 unspecified atom stereocenters. The number of amides is 1. The van der Waals surface area contributed by atoms with Crippen molar-refractivity contribution < 1.29 is 31.7 Å². The number of hydrogen-bond acceptors (Lipinski definition) is 6. The van der Waals surface area contributed by atoms with E-state index in [2.05, 4.69) is 4.74 Å². The fourth-order valence-corrected chi connectivity index (χ4v) is 2.79. The number of nitrogens with zero attached hydrogens (tertiary/aromatic N) is 1. The van der Waals surface area contributed by atoms with Gasteiger partial charge in [0, 0.05) is 13.0 Å². The minimum atomic E-state index is -4.86. The first-order valence-electron chi connectivity index (χ1n) is 5.90. The van der Waals surface area contributed by atoms with Crippen LogP contribution in [0, 0.1) is 0 Å². The number of benzene rings is 1. The Balaban J connectivity index is 2.40. The van der Waals surface area contributed by atoms with Crippen LogP contribution < -0.4 is 4.90 Å². The predicted octanol–water partition coefficient (Wildman–Crippen LogP) is 0.583. The Kier molecular flexibility index (Phi) is 3.86. The topological polar surface area (TPSA) is 101 Å². The molecule has 9 heteroatoms. The van der Waals surface area contributed by atoms with E-state index in [-0.39, 0.29) is 11.3 Å². The average molecular weight is 317 g/mol. The lowest BCUT2D eigenvalue weighted by Gasteiger charge is -2.18. The molecule has 1 aromatic rings. The van der Waals surface area contributed by atoms with Gasteiger partial charge in [0.05, 0.1) is 12.8 Å². The van der Waals surface area contributed by atoms with E-state index < -0.39 is 46.1 Å². The number of phenols is 1. The van der Waals surface area contributed by atoms with Crippen molar-refractivity contribution >= 4 is 27.8 Å². The zero-order chi connectivity index (χ0) is 15.8. The number of phenolic OH excluding ortho intramolecular Hbond substituents is 1. The Bertz CT molecular complexity index is 702. The van der Waals surface area contributed by atoms with Gasteiger partial charge >= 0.3 is 16.2 Å². The summed E-state index contributed by atoms with van der Waals surface area (Å²) in [5.74, 6) is -1.98. The highest BCUT2D eigenvalue weighted by Gasteiger charge is 2.40. The summed E-state index contributed by atoms with van der Waals surface area (Å²) in [5.41, 5.74) is -0.233. The Morgan fingerprint density at radius 2 is 2.14 bits per heavy atom. The van der Waals surface area contributed by atoms with E-state index in [1.165, 1.54) is 18.2 Å². The molecule has 1 amide bonds. The smallest absolute Gasteiger partial charge is 0.341 e. The van der Waals surface area contributed by atoms with Crippen molar-refractivity contribution in [3.8, 4) is 5.75 Å². The highest BCUT2D eigenvalue weighted by molar-refractivity contribution is 7.87. The number of esters is 1. The van der Waals surface area contributed by atoms with Crippen LogP contribution >= 0.6 is 0 Å². The summed E-state index contributed by atoms with van der Waals surface area (Å²) < 4.78 is 39.2. The maximum absolute atomic E-state index is 13.0. The van der Waals surface area contributed by atoms with E-state index in [0.717, 1.165) is 12.0 Å². The molecule has 1 saturated heterocycles. The molecule has 1 aliphatic rings. The number of para-hydroxylation sites is 1. The average Bonchev–Trinajstić information content (AvgIpc) is 2.80. The van der Waals surface area contributed by atoms with E-state index in [1.807, 2.05) is 0 Å². The molecular formula is C12H12FNO6S. The molecular weight excluding hydrogens is 305 g/mol. The van der Waals surface area contributed by atoms with Crippen molar-refractivity contribution in [3.05, 3.63) is 23.8 Å². The molecule has 1 fully saturated rings. The molecule has 2 rings (SSSR count). The summed E-state index contributed by atoms with van der Waals surface area (Å²) in [6, 6.07) is 4.01. The Hall–Kier alpha value is -2.16. The zero-order valence-corrected chi connectivity index (χ0v) is 11.8. The fraction of sp³-hybridized carbons (Fsp3) is 0.333. The summed E-state index contributed by atoms with van der Waals surface area (Å²) in [5, 5.41) is 8.54. The molecule has 1 atom stereocenters. The van der Waals surface area contributed by atoms with Crippen LogP contribution in [0.3, 0.4) is 0 Å². The second-order valence-electron chi connectivity index (χ2n) is 4.47. The molecule has 1 aromatic carbocycles. The minimum absolute atomic E-state index is 0.0611. The number of rotatable bonds is 3. The van der Waals surface area contributed by atoms with Crippen LogP contribution in [0.2, 0.25) is 0 Å². The SMILES string of the molecule is COC(=O)c1cccc(N2CC(S(=O)(=O)F)CC2=O)c1O. The minimum Gasteiger partial charge on any atom is -0.505 e. The molecule has 1 heterocycles. The third kappa shape index (κ3) is 2.82. The highest BCUT2D eigenvalue weighted by atomic mass is 32.3. The second-order valence-corrected chi connectivity index (χ2v) is 6.09. The molecule has 7 nitrogen and oxygen atoms in total. The first kappa shape index (κ1) is 15.2. The molecule has 0 radical (unpaired) electrons. The highest BCUT2D eigenvalue weighted by Crippen LogP contribution is 2.35. The van der Waals surface area contributed by atoms with Crippen molar-refractivity contribution in [2.75, 3.05) is 18.6 Å². The summed E-state index contributed by atoms with van der Waals surface area (Å²) in [6.07, 6.45) is -0.513. The number of carbonyl (C=O) groups excluding carboxylic acids is 2. The van der Waals surface area contributed by atoms with E-state index in [0.29, 0.717) is 0 Å². The van der Waals surface area contributed by atoms with Crippen LogP contribution in [0.15, 0.2) is 18.2 Å². The Morgan fingerprint density at radius 3 is 2.67 bits per heavy atom. The van der Waals surface area contributed by atoms with Gasteiger partial charge in [0.2, 0.25) is 5.91 Å². The summed E-state index contributed by atoms with van der Waals surface area (Å²) in [4.78, 5) is 24.2. The van der Waals surface area contributed by atoms with Crippen LogP contribution in [0.4, 0.5) is 9.57 Å². The lowest BCUT2D eigenvalue weighted by Crippen LogP contribution is -2.27. The van der Waals surface area contributed by atoms with Crippen LogP contribution in [0.25, 0.3) is 0 Å². The number of anilines is 1. The first-order valence-corrected chi connectivity index (χ1v) is 7.34. The number of methoxy groups -OCH3 is 1. The number of halogens is 1. The molecule has 0 aliphatic carbocycles. The lowest BCUT2D eigenvalue weighted by atomic mass is 10.1. The Labute approximate surface area is 120 Å². The molecule has 114 valence electrons. The van der Waals surface area contributed by atoms with Gasteiger partial charge in [0.1, 0.15) is 10.8 Å². The Morgan fingerprint density at radius 1 is 1.48 bits per heavy atom. The van der Waals surface area contributed by atoms with Gasteiger partial charge in [-0.2, -0.15) is 8.42 Å². The van der Waals surface area contributed by atoms with E-state index in [4.69, 9.17) is 0 Å². The normalized spacial score (nSPS) is 18.9. The molecule has 1 N–H and O–H groups in total. The fourth-order valence-electron chi connectivity index (χ4n) is 2.12. The molecule has 21 heavy (non-hydrogen) atoms. The monoisotopic (exact) mass is 317 g/mol. The van der Waals surface area contributed by atoms with Gasteiger partial charge in [-0.05, 0) is 12.1 Å². The van der Waals surface area contributed by atoms with Gasteiger partial charge < -0.3 is 14.7 Å². The number of hydrogen-bond donors (Lipinski definition) is 1. The largest absolute Gasteiger partial charge is 0.505 e. The molecule has 1 aliphatic heterocycles. The van der Waals surface area contributed by atoms with Crippen LogP contribution in [-0.2, 0) is 19.8 Å². The van der Waals surface area contributed by atoms with E-state index >= 15 is 0 Å². The van der Waals surface area contributed by atoms with Gasteiger partial charge in [-0.15, -0.1) is 3.89 Å². The van der Waals surface area contributed by atoms with Gasteiger partial charge in [-0.3, -0.25) is 4.79 Å². The third-order valence-corrected chi connectivity index (χ3v) is 4.31. The number of carbonyl (C=O) groups is 2. The van der Waals surface area contributed by atoms with Gasteiger partial charge in [-0.25, -0.2) is 4.79 Å². The first-order chi connectivity index (χ1) is 9.75. The van der Waals surface area contributed by atoms with Crippen molar-refractivity contribution in [1.82, 2.24) is 0 Å². The van der Waals surface area contributed by atoms with Crippen molar-refractivity contribution in [1.29, 1.82) is 0 Å². The molecule has 0 spiro atoms. The maximum atomic E-state index is 13.0. The maximum Gasteiger partial charge on any atom is 0.341 e. The van der Waals surface area contributed by atoms with E-state index in [1.54, 1.807) is 0 Å². The second kappa shape index (κ2) is 5.32. The number of aromatic hydroxyl groups is 1. The third-order valence-electron chi connectivity index (χ3n) is 3.20. The summed E-state index contributed by atoms with van der Waals surface area (Å²) in [7, 11) is -3.73. The van der Waals surface area contributed by atoms with Gasteiger partial charge in [0.25, 0.3) is 0 Å². The summed E-state index contributed by atoms with van der Waals surface area (Å²) in [6.45, 7) is -0.421. The number of ether oxygens (including phenoxy) is 1. The van der Waals surface area contributed by atoms with Crippen LogP contribution in [-0.4, -0.2) is 44.3 Å². The lowest BCUT2D eigenvalue weighted by molar-refractivity contribution is -0.117. The predicted molar refractivity (Wildman–Crippen MR) is 70.2 cm³/mol. The van der Waals surface area contributed by atoms with Gasteiger partial charge in [-0.1, -0.05) is 6.07 Å². The van der Waals surface area contributed by atoms with Crippen molar-refractivity contribution in [2.45, 2.75) is 11.7 Å². The standard InChI is InChI=1S/C12H12FNO6S/c1-20-12(17)8-3-2-4-9(11(8)16)14-6-7(5-10(14)15)21(13,18)19/h2-4,7,16H,5-6H2,1H3. The van der Waals surface area contributed by atoms with Crippen LogP contribution in [0.5, 0.6) is 5.75 Å². The van der Waals surface area contributed by atoms with Gasteiger partial charge in [0.15, 0.2) is 5.75 Å². The zero-order valence-electron chi connectivity index (χ0n) is 10.9. The quantitative estimate of drug-likeness (QED) is 0.646.